The Labute approximate surface area is 167 Å². The van der Waals surface area contributed by atoms with Crippen LogP contribution in [0.2, 0.25) is 5.02 Å². The first kappa shape index (κ1) is 16.8. The predicted molar refractivity (Wildman–Crippen MR) is 105 cm³/mol. The third-order valence-corrected chi connectivity index (χ3v) is 8.65. The van der Waals surface area contributed by atoms with E-state index in [9.17, 15) is 9.59 Å². The molecule has 0 saturated heterocycles. The number of carbonyl (C=O) groups excluding carboxylic acids is 2. The first-order valence-corrected chi connectivity index (χ1v) is 10.6. The number of carbonyl (C=O) groups is 2. The topological polar surface area (TPSA) is 90.0 Å². The van der Waals surface area contributed by atoms with Gasteiger partial charge in [-0.1, -0.05) is 11.6 Å². The van der Waals surface area contributed by atoms with Crippen molar-refractivity contribution in [1.29, 1.82) is 0 Å². The number of hydrogen-bond donors (Lipinski definition) is 2. The summed E-state index contributed by atoms with van der Waals surface area (Å²) in [5, 5.41) is 4.19. The van der Waals surface area contributed by atoms with Gasteiger partial charge in [0.25, 0.3) is 5.91 Å². The molecule has 2 aromatic rings. The zero-order valence-corrected chi connectivity index (χ0v) is 16.3. The SMILES string of the molecule is NC(=O)Cn1cc(C(=O)NCC2C3CC4CC5CC2C53C4)c2c(Cl)ccnc21. The molecule has 6 nitrogen and oxygen atoms in total. The quantitative estimate of drug-likeness (QED) is 0.811. The maximum absolute atomic E-state index is 13.0. The van der Waals surface area contributed by atoms with Gasteiger partial charge in [-0.15, -0.1) is 0 Å². The molecule has 0 radical (unpaired) electrons. The fourth-order valence-electron chi connectivity index (χ4n) is 7.53. The normalized spacial score (nSPS) is 36.7. The van der Waals surface area contributed by atoms with Crippen LogP contribution in [0.15, 0.2) is 18.5 Å². The molecule has 3 N–H and O–H groups in total. The Kier molecular flexibility index (Phi) is 3.31. The smallest absolute Gasteiger partial charge is 0.253 e. The number of nitrogens with zero attached hydrogens (tertiary/aromatic N) is 2. The van der Waals surface area contributed by atoms with E-state index in [-0.39, 0.29) is 12.5 Å². The molecule has 2 bridgehead atoms. The Hall–Kier alpha value is -2.08. The van der Waals surface area contributed by atoms with Crippen molar-refractivity contribution < 1.29 is 9.59 Å². The van der Waals surface area contributed by atoms with Gasteiger partial charge in [0.05, 0.1) is 16.0 Å². The van der Waals surface area contributed by atoms with Crippen molar-refractivity contribution in [3.8, 4) is 0 Å². The number of hydrogen-bond acceptors (Lipinski definition) is 3. The fourth-order valence-corrected chi connectivity index (χ4v) is 7.77. The summed E-state index contributed by atoms with van der Waals surface area (Å²) in [4.78, 5) is 28.7. The molecule has 6 atom stereocenters. The van der Waals surface area contributed by atoms with Crippen molar-refractivity contribution in [3.05, 3.63) is 29.0 Å². The van der Waals surface area contributed by atoms with Gasteiger partial charge in [-0.3, -0.25) is 9.59 Å². The van der Waals surface area contributed by atoms with Gasteiger partial charge in [-0.05, 0) is 66.8 Å². The Morgan fingerprint density at radius 1 is 1.32 bits per heavy atom. The molecule has 2 heterocycles. The van der Waals surface area contributed by atoms with E-state index >= 15 is 0 Å². The molecule has 4 aliphatic carbocycles. The third-order valence-electron chi connectivity index (χ3n) is 8.34. The Bertz CT molecular complexity index is 1030. The Morgan fingerprint density at radius 3 is 2.93 bits per heavy atom. The second kappa shape index (κ2) is 5.50. The maximum Gasteiger partial charge on any atom is 0.253 e. The van der Waals surface area contributed by atoms with Crippen molar-refractivity contribution >= 4 is 34.4 Å². The van der Waals surface area contributed by atoms with Gasteiger partial charge in [0.15, 0.2) is 0 Å². The lowest BCUT2D eigenvalue weighted by molar-refractivity contribution is -0.225. The molecule has 4 aliphatic rings. The van der Waals surface area contributed by atoms with Crippen LogP contribution < -0.4 is 11.1 Å². The summed E-state index contributed by atoms with van der Waals surface area (Å²) in [6.07, 6.45) is 8.83. The highest BCUT2D eigenvalue weighted by molar-refractivity contribution is 6.36. The highest BCUT2D eigenvalue weighted by Crippen LogP contribution is 2.83. The average molecular weight is 399 g/mol. The lowest BCUT2D eigenvalue weighted by Gasteiger charge is -2.71. The molecule has 146 valence electrons. The molecule has 7 heteroatoms. The lowest BCUT2D eigenvalue weighted by atomic mass is 9.34. The molecule has 4 saturated carbocycles. The summed E-state index contributed by atoms with van der Waals surface area (Å²) in [6.45, 7) is 0.699. The van der Waals surface area contributed by atoms with Gasteiger partial charge in [-0.25, -0.2) is 4.98 Å². The van der Waals surface area contributed by atoms with Crippen LogP contribution in [-0.2, 0) is 11.3 Å². The van der Waals surface area contributed by atoms with Gasteiger partial charge >= 0.3 is 0 Å². The molecule has 1 spiro atoms. The van der Waals surface area contributed by atoms with E-state index in [1.165, 1.54) is 25.7 Å². The average Bonchev–Trinajstić information content (AvgIpc) is 3.27. The second-order valence-corrected chi connectivity index (χ2v) is 9.71. The minimum absolute atomic E-state index is 0.0325. The number of primary amides is 1. The summed E-state index contributed by atoms with van der Waals surface area (Å²) in [7, 11) is 0. The second-order valence-electron chi connectivity index (χ2n) is 9.30. The van der Waals surface area contributed by atoms with E-state index in [2.05, 4.69) is 10.3 Å². The minimum Gasteiger partial charge on any atom is -0.368 e. The summed E-state index contributed by atoms with van der Waals surface area (Å²) < 4.78 is 1.60. The minimum atomic E-state index is -0.485. The molecular formula is C21H23ClN4O2. The van der Waals surface area contributed by atoms with E-state index in [4.69, 9.17) is 17.3 Å². The first-order valence-electron chi connectivity index (χ1n) is 10.2. The number of rotatable bonds is 5. The number of halogens is 1. The number of nitrogens with one attached hydrogen (secondary N) is 1. The predicted octanol–water partition coefficient (Wildman–Crippen LogP) is 2.59. The molecule has 2 amide bonds. The zero-order valence-electron chi connectivity index (χ0n) is 15.5. The van der Waals surface area contributed by atoms with E-state index in [1.807, 2.05) is 0 Å². The largest absolute Gasteiger partial charge is 0.368 e. The third kappa shape index (κ3) is 1.97. The molecule has 2 aromatic heterocycles. The number of aromatic nitrogens is 2. The van der Waals surface area contributed by atoms with Gasteiger partial charge < -0.3 is 15.6 Å². The molecule has 6 unspecified atom stereocenters. The highest BCUT2D eigenvalue weighted by atomic mass is 35.5. The van der Waals surface area contributed by atoms with Crippen molar-refractivity contribution in [3.63, 3.8) is 0 Å². The van der Waals surface area contributed by atoms with Gasteiger partial charge in [0.2, 0.25) is 5.91 Å². The molecule has 4 fully saturated rings. The van der Waals surface area contributed by atoms with Gasteiger partial charge in [0.1, 0.15) is 12.2 Å². The molecular weight excluding hydrogens is 376 g/mol. The Morgan fingerprint density at radius 2 is 2.14 bits per heavy atom. The maximum atomic E-state index is 13.0. The van der Waals surface area contributed by atoms with Crippen LogP contribution in [0.3, 0.4) is 0 Å². The summed E-state index contributed by atoms with van der Waals surface area (Å²) in [6, 6.07) is 1.66. The first-order chi connectivity index (χ1) is 13.5. The highest BCUT2D eigenvalue weighted by Gasteiger charge is 2.77. The van der Waals surface area contributed by atoms with E-state index < -0.39 is 5.91 Å². The van der Waals surface area contributed by atoms with Crippen LogP contribution in [0.5, 0.6) is 0 Å². The summed E-state index contributed by atoms with van der Waals surface area (Å²) in [5.74, 6) is 3.54. The lowest BCUT2D eigenvalue weighted by Crippen LogP contribution is -2.67. The molecule has 0 aromatic carbocycles. The van der Waals surface area contributed by atoms with Crippen LogP contribution in [-0.4, -0.2) is 27.9 Å². The van der Waals surface area contributed by atoms with Crippen molar-refractivity contribution in [2.24, 2.45) is 40.7 Å². The number of amides is 2. The van der Waals surface area contributed by atoms with Crippen LogP contribution >= 0.6 is 11.6 Å². The monoisotopic (exact) mass is 398 g/mol. The molecule has 6 rings (SSSR count). The summed E-state index contributed by atoms with van der Waals surface area (Å²) in [5.41, 5.74) is 6.97. The standard InChI is InChI=1S/C21H23ClN4O2/c22-16-1-2-24-19-18(16)13(8-26(19)9-17(23)27)20(28)25-7-12-14-4-10-3-11-5-15(12)21(11,14)6-10/h1-2,8,10-12,14-15H,3-7,9H2,(H2,23,27)(H,25,28). The van der Waals surface area contributed by atoms with Crippen LogP contribution in [0.4, 0.5) is 0 Å². The van der Waals surface area contributed by atoms with Gasteiger partial charge in [-0.2, -0.15) is 0 Å². The van der Waals surface area contributed by atoms with Crippen molar-refractivity contribution in [1.82, 2.24) is 14.9 Å². The van der Waals surface area contributed by atoms with Crippen molar-refractivity contribution in [2.75, 3.05) is 6.54 Å². The van der Waals surface area contributed by atoms with Crippen LogP contribution in [0.1, 0.15) is 36.0 Å². The summed E-state index contributed by atoms with van der Waals surface area (Å²) >= 11 is 6.35. The molecule has 28 heavy (non-hydrogen) atoms. The Balaban J connectivity index is 1.23. The number of pyridine rings is 1. The van der Waals surface area contributed by atoms with Gasteiger partial charge in [0, 0.05) is 18.9 Å². The van der Waals surface area contributed by atoms with Crippen molar-refractivity contribution in [2.45, 2.75) is 32.2 Å². The van der Waals surface area contributed by atoms with E-state index in [1.54, 1.807) is 23.0 Å². The molecule has 0 aliphatic heterocycles. The number of fused-ring (bicyclic) bond motifs is 2. The van der Waals surface area contributed by atoms with Crippen LogP contribution in [0, 0.1) is 35.0 Å². The number of nitrogens with two attached hydrogens (primary N) is 1. The fraction of sp³-hybridized carbons (Fsp3) is 0.571. The van der Waals surface area contributed by atoms with Crippen LogP contribution in [0.25, 0.3) is 11.0 Å². The van der Waals surface area contributed by atoms with E-state index in [0.717, 1.165) is 30.2 Å². The zero-order chi connectivity index (χ0) is 19.2. The van der Waals surface area contributed by atoms with E-state index in [0.29, 0.717) is 33.0 Å².